The summed E-state index contributed by atoms with van der Waals surface area (Å²) in [5.41, 5.74) is 6.75. The van der Waals surface area contributed by atoms with Crippen molar-refractivity contribution in [3.8, 4) is 11.5 Å². The normalized spacial score (nSPS) is 16.9. The van der Waals surface area contributed by atoms with Crippen LogP contribution in [0.4, 0.5) is 33.6 Å². The number of carbonyl (C=O) groups excluding carboxylic acids is 1. The summed E-state index contributed by atoms with van der Waals surface area (Å²) in [6.07, 6.45) is -7.10. The van der Waals surface area contributed by atoms with E-state index in [-0.39, 0.29) is 52.1 Å². The van der Waals surface area contributed by atoms with Gasteiger partial charge in [0.05, 0.1) is 11.1 Å². The number of rotatable bonds is 8. The zero-order chi connectivity index (χ0) is 31.5. The highest BCUT2D eigenvalue weighted by atomic mass is 79.9. The molecule has 4 N–H and O–H groups in total. The Morgan fingerprint density at radius 3 is 2.53 bits per heavy atom. The monoisotopic (exact) mass is 686 g/mol. The molecular formula is C27H21BrClF5N6O3. The van der Waals surface area contributed by atoms with Crippen LogP contribution in [0, 0.1) is 0 Å². The maximum atomic E-state index is 13.7. The fourth-order valence-corrected chi connectivity index (χ4v) is 5.71. The first-order valence-electron chi connectivity index (χ1n) is 12.6. The van der Waals surface area contributed by atoms with Crippen LogP contribution in [0.2, 0.25) is 5.02 Å². The Labute approximate surface area is 253 Å². The maximum absolute atomic E-state index is 13.7. The van der Waals surface area contributed by atoms with E-state index in [1.807, 2.05) is 0 Å². The number of alkyl halides is 5. The first-order chi connectivity index (χ1) is 20.0. The summed E-state index contributed by atoms with van der Waals surface area (Å²) in [5, 5.41) is 16.4. The third-order valence-corrected chi connectivity index (χ3v) is 8.31. The number of hydrogen-bond donors (Lipinski definition) is 3. The van der Waals surface area contributed by atoms with Crippen LogP contribution in [0.1, 0.15) is 36.5 Å². The van der Waals surface area contributed by atoms with Crippen molar-refractivity contribution in [1.29, 1.82) is 0 Å². The Bertz CT molecular complexity index is 1800. The van der Waals surface area contributed by atoms with Crippen LogP contribution in [0.5, 0.6) is 0 Å². The zero-order valence-corrected chi connectivity index (χ0v) is 24.4. The summed E-state index contributed by atoms with van der Waals surface area (Å²) in [6, 6.07) is 9.42. The maximum Gasteiger partial charge on any atom is 0.453 e. The average Bonchev–Trinajstić information content (AvgIpc) is 3.40. The SMILES string of the molecule is C[C@]1(c2ccc(CCC(=O)O)c(Br)c2)C(=O)Nc2nc(-c3nn(CCC(F)(F)C(F)(F)F)c4cc(Cl)ccc34)nc(N)c21. The molecule has 1 aliphatic rings. The summed E-state index contributed by atoms with van der Waals surface area (Å²) in [4.78, 5) is 33.1. The summed E-state index contributed by atoms with van der Waals surface area (Å²) in [6.45, 7) is 0.828. The van der Waals surface area contributed by atoms with Gasteiger partial charge >= 0.3 is 18.1 Å². The van der Waals surface area contributed by atoms with E-state index >= 15 is 0 Å². The molecule has 43 heavy (non-hydrogen) atoms. The third-order valence-electron chi connectivity index (χ3n) is 7.34. The molecule has 16 heteroatoms. The minimum atomic E-state index is -5.73. The number of nitrogens with one attached hydrogen (secondary N) is 1. The lowest BCUT2D eigenvalue weighted by Crippen LogP contribution is -2.37. The molecule has 0 unspecified atom stereocenters. The van der Waals surface area contributed by atoms with Crippen molar-refractivity contribution >= 4 is 61.9 Å². The summed E-state index contributed by atoms with van der Waals surface area (Å²) in [5.74, 6) is -6.49. The number of amides is 1. The van der Waals surface area contributed by atoms with Gasteiger partial charge in [0.1, 0.15) is 22.7 Å². The van der Waals surface area contributed by atoms with Gasteiger partial charge in [0.2, 0.25) is 5.91 Å². The van der Waals surface area contributed by atoms with Crippen molar-refractivity contribution in [3.05, 3.63) is 62.6 Å². The minimum Gasteiger partial charge on any atom is -0.481 e. The number of carboxylic acids is 1. The lowest BCUT2D eigenvalue weighted by Gasteiger charge is -2.24. The second-order valence-electron chi connectivity index (χ2n) is 10.1. The first-order valence-corrected chi connectivity index (χ1v) is 13.8. The number of aryl methyl sites for hydroxylation is 2. The molecule has 0 radical (unpaired) electrons. The second-order valence-corrected chi connectivity index (χ2v) is 11.4. The standard InChI is InChI=1S/C27H21BrClF5N6O3/c1-25(13-4-2-12(16(28)10-13)3-7-18(41)42)19-21(35)36-23(37-22(19)38-24(25)43)20-15-6-5-14(29)11-17(15)40(39-20)9-8-26(30,31)27(32,33)34/h2,4-6,10-11H,3,7-9H2,1H3,(H,41,42)(H3,35,36,37,38,43)/t25-/m1/s1. The van der Waals surface area contributed by atoms with Crippen LogP contribution in [-0.2, 0) is 28.0 Å². The number of nitrogens with two attached hydrogens (primary N) is 1. The van der Waals surface area contributed by atoms with Crippen molar-refractivity contribution in [1.82, 2.24) is 19.7 Å². The first kappa shape index (κ1) is 30.6. The van der Waals surface area contributed by atoms with E-state index in [9.17, 15) is 31.5 Å². The smallest absolute Gasteiger partial charge is 0.453 e. The van der Waals surface area contributed by atoms with Crippen LogP contribution in [0.3, 0.4) is 0 Å². The van der Waals surface area contributed by atoms with E-state index in [0.717, 1.165) is 10.2 Å². The molecular weight excluding hydrogens is 667 g/mol. The lowest BCUT2D eigenvalue weighted by molar-refractivity contribution is -0.285. The number of carboxylic acid groups (broad SMARTS) is 1. The highest BCUT2D eigenvalue weighted by Crippen LogP contribution is 2.46. The van der Waals surface area contributed by atoms with Crippen molar-refractivity contribution in [2.24, 2.45) is 0 Å². The third kappa shape index (κ3) is 5.39. The van der Waals surface area contributed by atoms with Gasteiger partial charge in [-0.2, -0.15) is 27.1 Å². The van der Waals surface area contributed by atoms with Gasteiger partial charge in [-0.3, -0.25) is 14.3 Å². The van der Waals surface area contributed by atoms with E-state index in [1.54, 1.807) is 25.1 Å². The molecule has 0 bridgehead atoms. The number of aromatic nitrogens is 4. The van der Waals surface area contributed by atoms with E-state index in [1.165, 1.54) is 18.2 Å². The number of nitrogen functional groups attached to an aromatic ring is 1. The largest absolute Gasteiger partial charge is 0.481 e. The number of benzene rings is 2. The van der Waals surface area contributed by atoms with Crippen LogP contribution in [0.25, 0.3) is 22.4 Å². The second kappa shape index (κ2) is 10.7. The van der Waals surface area contributed by atoms with Crippen LogP contribution in [-0.4, -0.2) is 48.8 Å². The quantitative estimate of drug-likeness (QED) is 0.184. The van der Waals surface area contributed by atoms with Gasteiger partial charge in [-0.15, -0.1) is 0 Å². The molecule has 1 amide bonds. The van der Waals surface area contributed by atoms with Crippen molar-refractivity contribution in [3.63, 3.8) is 0 Å². The molecule has 0 spiro atoms. The molecule has 0 aliphatic carbocycles. The number of hydrogen-bond acceptors (Lipinski definition) is 6. The number of anilines is 2. The Balaban J connectivity index is 1.55. The van der Waals surface area contributed by atoms with Crippen molar-refractivity contribution < 1.29 is 36.6 Å². The van der Waals surface area contributed by atoms with E-state index < -0.39 is 42.4 Å². The Kier molecular flexibility index (Phi) is 7.61. The molecule has 1 atom stereocenters. The van der Waals surface area contributed by atoms with Crippen LogP contribution >= 0.6 is 27.5 Å². The Morgan fingerprint density at radius 1 is 1.16 bits per heavy atom. The average molecular weight is 688 g/mol. The zero-order valence-electron chi connectivity index (χ0n) is 22.1. The molecule has 9 nitrogen and oxygen atoms in total. The van der Waals surface area contributed by atoms with Gasteiger partial charge in [0.25, 0.3) is 0 Å². The molecule has 5 rings (SSSR count). The lowest BCUT2D eigenvalue weighted by atomic mass is 9.77. The molecule has 0 saturated heterocycles. The van der Waals surface area contributed by atoms with Gasteiger partial charge in [-0.05, 0) is 48.7 Å². The van der Waals surface area contributed by atoms with Crippen molar-refractivity contribution in [2.45, 2.75) is 50.2 Å². The summed E-state index contributed by atoms with van der Waals surface area (Å²) >= 11 is 9.51. The Morgan fingerprint density at radius 2 is 1.88 bits per heavy atom. The fraction of sp³-hybridized carbons (Fsp3) is 0.296. The van der Waals surface area contributed by atoms with Gasteiger partial charge in [0, 0.05) is 34.3 Å². The molecule has 0 fully saturated rings. The summed E-state index contributed by atoms with van der Waals surface area (Å²) < 4.78 is 67.3. The van der Waals surface area contributed by atoms with E-state index in [2.05, 4.69) is 36.3 Å². The van der Waals surface area contributed by atoms with Gasteiger partial charge in [-0.1, -0.05) is 39.7 Å². The van der Waals surface area contributed by atoms with E-state index in [0.29, 0.717) is 15.4 Å². The number of carbonyl (C=O) groups is 2. The highest BCUT2D eigenvalue weighted by Gasteiger charge is 2.56. The topological polar surface area (TPSA) is 136 Å². The molecule has 3 heterocycles. The fourth-order valence-electron chi connectivity index (χ4n) is 4.96. The number of aliphatic carboxylic acids is 1. The van der Waals surface area contributed by atoms with Crippen molar-refractivity contribution in [2.75, 3.05) is 11.1 Å². The van der Waals surface area contributed by atoms with Gasteiger partial charge in [0.15, 0.2) is 5.82 Å². The number of nitrogens with zero attached hydrogens (tertiary/aromatic N) is 4. The minimum absolute atomic E-state index is 0.0323. The van der Waals surface area contributed by atoms with Crippen LogP contribution in [0.15, 0.2) is 40.9 Å². The predicted molar refractivity (Wildman–Crippen MR) is 151 cm³/mol. The van der Waals surface area contributed by atoms with Gasteiger partial charge < -0.3 is 16.2 Å². The Hall–Kier alpha value is -3.85. The molecule has 2 aromatic carbocycles. The number of fused-ring (bicyclic) bond motifs is 2. The highest BCUT2D eigenvalue weighted by molar-refractivity contribution is 9.10. The molecule has 4 aromatic rings. The molecule has 2 aromatic heterocycles. The number of halogens is 7. The molecule has 226 valence electrons. The van der Waals surface area contributed by atoms with Crippen LogP contribution < -0.4 is 11.1 Å². The molecule has 1 aliphatic heterocycles. The molecule has 0 saturated carbocycles. The predicted octanol–water partition coefficient (Wildman–Crippen LogP) is 6.35. The van der Waals surface area contributed by atoms with Gasteiger partial charge in [-0.25, -0.2) is 9.97 Å². The summed E-state index contributed by atoms with van der Waals surface area (Å²) in [7, 11) is 0. The van der Waals surface area contributed by atoms with E-state index in [4.69, 9.17) is 22.4 Å².